The highest BCUT2D eigenvalue weighted by Gasteiger charge is 2.40. The molecule has 0 amide bonds. The minimum absolute atomic E-state index is 0.0597. The average Bonchev–Trinajstić information content (AvgIpc) is 3.61. The molecular formula is C28H28F3N5O5. The van der Waals surface area contributed by atoms with E-state index in [1.807, 2.05) is 0 Å². The number of halogens is 3. The Balaban J connectivity index is 1.32. The first-order valence-corrected chi connectivity index (χ1v) is 13.0. The van der Waals surface area contributed by atoms with Crippen LogP contribution in [0.4, 0.5) is 13.2 Å². The minimum Gasteiger partial charge on any atom is -0.497 e. The topological polar surface area (TPSA) is 127 Å². The van der Waals surface area contributed by atoms with E-state index >= 15 is 0 Å². The Labute approximate surface area is 233 Å². The monoisotopic (exact) mass is 571 g/mol. The molecule has 1 aliphatic rings. The van der Waals surface area contributed by atoms with Crippen LogP contribution >= 0.6 is 0 Å². The molecule has 0 spiro atoms. The van der Waals surface area contributed by atoms with Gasteiger partial charge in [-0.15, -0.1) is 0 Å². The lowest BCUT2D eigenvalue weighted by Crippen LogP contribution is -2.38. The van der Waals surface area contributed by atoms with Gasteiger partial charge in [0.2, 0.25) is 5.82 Å². The molecule has 41 heavy (non-hydrogen) atoms. The Morgan fingerprint density at radius 3 is 2.56 bits per heavy atom. The van der Waals surface area contributed by atoms with E-state index < -0.39 is 23.9 Å². The number of aliphatic hydroxyl groups excluding tert-OH is 1. The number of likely N-dealkylation sites (tertiary alicyclic amines) is 1. The lowest BCUT2D eigenvalue weighted by Gasteiger charge is -2.33. The van der Waals surface area contributed by atoms with E-state index in [2.05, 4.69) is 20.1 Å². The van der Waals surface area contributed by atoms with Gasteiger partial charge in [0.1, 0.15) is 5.75 Å². The number of nitrogens with zero attached hydrogens (tertiary/aromatic N) is 5. The molecule has 3 heterocycles. The summed E-state index contributed by atoms with van der Waals surface area (Å²) < 4.78 is 53.4. The van der Waals surface area contributed by atoms with Crippen molar-refractivity contribution in [3.63, 3.8) is 0 Å². The van der Waals surface area contributed by atoms with Gasteiger partial charge in [-0.3, -0.25) is 4.79 Å². The summed E-state index contributed by atoms with van der Waals surface area (Å²) in [7, 11) is 1.46. The van der Waals surface area contributed by atoms with E-state index in [-0.39, 0.29) is 35.3 Å². The number of aliphatic carboxylic acids is 1. The molecule has 13 heteroatoms. The second-order valence-corrected chi connectivity index (χ2v) is 9.94. The number of β-amino-alcohol motifs (C(OH)–C–C–N with tert-alkyl or cyclic N) is 1. The van der Waals surface area contributed by atoms with Crippen molar-refractivity contribution >= 4 is 5.97 Å². The molecular weight excluding hydrogens is 543 g/mol. The van der Waals surface area contributed by atoms with Gasteiger partial charge >= 0.3 is 12.1 Å². The van der Waals surface area contributed by atoms with Gasteiger partial charge in [0.25, 0.3) is 5.89 Å². The quantitative estimate of drug-likeness (QED) is 0.290. The number of piperidine rings is 1. The van der Waals surface area contributed by atoms with E-state index in [1.54, 1.807) is 24.3 Å². The summed E-state index contributed by atoms with van der Waals surface area (Å²) in [6, 6.07) is 12.7. The van der Waals surface area contributed by atoms with Crippen LogP contribution in [0.1, 0.15) is 36.6 Å². The molecule has 2 aromatic heterocycles. The third-order valence-corrected chi connectivity index (χ3v) is 7.06. The molecule has 0 aliphatic carbocycles. The molecule has 4 aromatic rings. The number of carboxylic acids is 1. The van der Waals surface area contributed by atoms with Gasteiger partial charge in [0, 0.05) is 25.1 Å². The molecule has 10 nitrogen and oxygen atoms in total. The van der Waals surface area contributed by atoms with Crippen LogP contribution in [0.25, 0.3) is 28.5 Å². The van der Waals surface area contributed by atoms with Gasteiger partial charge in [-0.1, -0.05) is 29.4 Å². The normalized spacial score (nSPS) is 17.0. The molecule has 0 radical (unpaired) electrons. The maximum Gasteiger partial charge on any atom is 0.434 e. The first-order valence-electron chi connectivity index (χ1n) is 13.0. The van der Waals surface area contributed by atoms with Crippen LogP contribution in [0, 0.1) is 5.92 Å². The molecule has 2 N–H and O–H groups in total. The zero-order valence-electron chi connectivity index (χ0n) is 22.1. The fraction of sp³-hybridized carbons (Fsp3) is 0.357. The predicted molar refractivity (Wildman–Crippen MR) is 140 cm³/mol. The van der Waals surface area contributed by atoms with Crippen molar-refractivity contribution < 1.29 is 37.4 Å². The second kappa shape index (κ2) is 11.7. The van der Waals surface area contributed by atoms with E-state index in [0.29, 0.717) is 30.0 Å². The number of methoxy groups -OCH3 is 1. The van der Waals surface area contributed by atoms with Crippen LogP contribution in [0.2, 0.25) is 0 Å². The number of benzene rings is 2. The lowest BCUT2D eigenvalue weighted by molar-refractivity contribution is -0.142. The molecule has 216 valence electrons. The predicted octanol–water partition coefficient (Wildman–Crippen LogP) is 4.84. The summed E-state index contributed by atoms with van der Waals surface area (Å²) in [6.07, 6.45) is -2.69. The summed E-state index contributed by atoms with van der Waals surface area (Å²) in [6.45, 7) is 1.76. The van der Waals surface area contributed by atoms with Crippen molar-refractivity contribution in [3.05, 3.63) is 66.0 Å². The fourth-order valence-corrected chi connectivity index (χ4v) is 5.08. The van der Waals surface area contributed by atoms with Crippen molar-refractivity contribution in [2.75, 3.05) is 26.7 Å². The molecule has 2 aromatic carbocycles. The van der Waals surface area contributed by atoms with E-state index in [9.17, 15) is 23.1 Å². The third kappa shape index (κ3) is 6.41. The van der Waals surface area contributed by atoms with Crippen LogP contribution in [0.5, 0.6) is 5.75 Å². The van der Waals surface area contributed by atoms with Crippen LogP contribution in [0.15, 0.2) is 59.3 Å². The number of alkyl halides is 3. The molecule has 1 saturated heterocycles. The van der Waals surface area contributed by atoms with Crippen molar-refractivity contribution in [2.45, 2.75) is 31.5 Å². The largest absolute Gasteiger partial charge is 0.497 e. The van der Waals surface area contributed by atoms with E-state index in [0.717, 1.165) is 30.3 Å². The molecule has 0 saturated carbocycles. The highest BCUT2D eigenvalue weighted by molar-refractivity contribution is 5.67. The van der Waals surface area contributed by atoms with Crippen molar-refractivity contribution in [3.8, 4) is 34.3 Å². The summed E-state index contributed by atoms with van der Waals surface area (Å²) in [5.41, 5.74) is -0.105. The van der Waals surface area contributed by atoms with Gasteiger partial charge in [0.05, 0.1) is 30.7 Å². The van der Waals surface area contributed by atoms with Gasteiger partial charge < -0.3 is 24.4 Å². The SMILES string of the molecule is COc1ccc(-n2ncc(-c3nc(-c4ccc(C(O)CN5CCCC(CC(=O)O)C5)cc4)no3)c2C(F)(F)F)cc1. The smallest absolute Gasteiger partial charge is 0.434 e. The zero-order valence-corrected chi connectivity index (χ0v) is 22.1. The fourth-order valence-electron chi connectivity index (χ4n) is 5.08. The van der Waals surface area contributed by atoms with Gasteiger partial charge in [-0.25, -0.2) is 4.68 Å². The first-order chi connectivity index (χ1) is 19.6. The number of aliphatic hydroxyl groups is 1. The maximum atomic E-state index is 14.1. The first kappa shape index (κ1) is 28.3. The Hall–Kier alpha value is -4.23. The van der Waals surface area contributed by atoms with Crippen LogP contribution in [-0.4, -0.2) is 67.7 Å². The highest BCUT2D eigenvalue weighted by atomic mass is 19.4. The Bertz CT molecular complexity index is 1480. The van der Waals surface area contributed by atoms with Crippen LogP contribution in [-0.2, 0) is 11.0 Å². The molecule has 2 atom stereocenters. The molecule has 1 aliphatic heterocycles. The number of carboxylic acid groups (broad SMARTS) is 1. The third-order valence-electron chi connectivity index (χ3n) is 7.06. The molecule has 2 unspecified atom stereocenters. The van der Waals surface area contributed by atoms with Crippen molar-refractivity contribution in [2.24, 2.45) is 5.92 Å². The standard InChI is InChI=1S/C28H28F3N5O5/c1-40-21-10-8-20(9-11-21)36-25(28(29,30)31)22(14-32-36)27-33-26(34-41-27)19-6-4-18(5-7-19)23(37)16-35-12-2-3-17(15-35)13-24(38)39/h4-11,14,17,23,37H,2-3,12-13,15-16H2,1H3,(H,38,39). The maximum absolute atomic E-state index is 14.1. The van der Waals surface area contributed by atoms with E-state index in [4.69, 9.17) is 14.4 Å². The highest BCUT2D eigenvalue weighted by Crippen LogP contribution is 2.38. The molecule has 0 bridgehead atoms. The number of aromatic nitrogens is 4. The zero-order chi connectivity index (χ0) is 29.1. The number of hydrogen-bond acceptors (Lipinski definition) is 8. The van der Waals surface area contributed by atoms with Crippen molar-refractivity contribution in [1.29, 1.82) is 0 Å². The Kier molecular flexibility index (Phi) is 8.08. The van der Waals surface area contributed by atoms with Crippen molar-refractivity contribution in [1.82, 2.24) is 24.8 Å². The summed E-state index contributed by atoms with van der Waals surface area (Å²) in [4.78, 5) is 17.3. The number of carbonyl (C=O) groups is 1. The number of hydrogen-bond donors (Lipinski definition) is 2. The average molecular weight is 572 g/mol. The molecule has 1 fully saturated rings. The van der Waals surface area contributed by atoms with Gasteiger partial charge in [-0.05, 0) is 55.1 Å². The van der Waals surface area contributed by atoms with Gasteiger partial charge in [0.15, 0.2) is 5.69 Å². The summed E-state index contributed by atoms with van der Waals surface area (Å²) >= 11 is 0. The number of rotatable bonds is 9. The minimum atomic E-state index is -4.76. The van der Waals surface area contributed by atoms with Gasteiger partial charge in [-0.2, -0.15) is 23.3 Å². The summed E-state index contributed by atoms with van der Waals surface area (Å²) in [5, 5.41) is 27.6. The molecule has 5 rings (SSSR count). The Morgan fingerprint density at radius 1 is 1.17 bits per heavy atom. The second-order valence-electron chi connectivity index (χ2n) is 9.94. The Morgan fingerprint density at radius 2 is 1.90 bits per heavy atom. The van der Waals surface area contributed by atoms with Crippen LogP contribution < -0.4 is 4.74 Å². The number of ether oxygens (including phenoxy) is 1. The van der Waals surface area contributed by atoms with E-state index in [1.165, 1.54) is 31.4 Å². The lowest BCUT2D eigenvalue weighted by atomic mass is 9.94. The van der Waals surface area contributed by atoms with Crippen LogP contribution in [0.3, 0.4) is 0 Å². The summed E-state index contributed by atoms with van der Waals surface area (Å²) in [5.74, 6) is -0.524.